The van der Waals surface area contributed by atoms with Crippen LogP contribution in [0.1, 0.15) is 38.7 Å². The molecule has 32 heavy (non-hydrogen) atoms. The van der Waals surface area contributed by atoms with Crippen molar-refractivity contribution in [3.8, 4) is 0 Å². The summed E-state index contributed by atoms with van der Waals surface area (Å²) in [7, 11) is 1.29. The Kier molecular flexibility index (Phi) is 8.22. The summed E-state index contributed by atoms with van der Waals surface area (Å²) in [6, 6.07) is 7.52. The molecule has 0 radical (unpaired) electrons. The molecule has 172 valence electrons. The molecule has 0 bridgehead atoms. The quantitative estimate of drug-likeness (QED) is 0.324. The number of halogens is 1. The van der Waals surface area contributed by atoms with Crippen LogP contribution in [0.25, 0.3) is 0 Å². The third kappa shape index (κ3) is 4.96. The van der Waals surface area contributed by atoms with Crippen LogP contribution in [-0.4, -0.2) is 42.9 Å². The molecule has 0 saturated heterocycles. The maximum Gasteiger partial charge on any atom is 0.336 e. The Morgan fingerprint density at radius 1 is 1.25 bits per heavy atom. The summed E-state index contributed by atoms with van der Waals surface area (Å²) in [5.74, 6) is -1.36. The van der Waals surface area contributed by atoms with Gasteiger partial charge in [-0.25, -0.2) is 4.79 Å². The number of esters is 2. The van der Waals surface area contributed by atoms with E-state index >= 15 is 0 Å². The Morgan fingerprint density at radius 2 is 1.94 bits per heavy atom. The lowest BCUT2D eigenvalue weighted by atomic mass is 9.69. The number of carbonyl (C=O) groups excluding carboxylic acids is 3. The SMILES string of the molecule is CCSCCOC(=O)C1=C(C)NC2=C(C(=O)[C@H](C(=O)OC)[C@H](C)C2)[C@H]1c1ccc(Br)cc1. The minimum absolute atomic E-state index is 0.209. The molecule has 1 aliphatic carbocycles. The number of methoxy groups -OCH3 is 1. The second-order valence-electron chi connectivity index (χ2n) is 7.92. The third-order valence-electron chi connectivity index (χ3n) is 5.83. The summed E-state index contributed by atoms with van der Waals surface area (Å²) in [6.45, 7) is 6.04. The van der Waals surface area contributed by atoms with E-state index in [2.05, 4.69) is 28.2 Å². The van der Waals surface area contributed by atoms with Crippen LogP contribution in [0, 0.1) is 11.8 Å². The Bertz CT molecular complexity index is 969. The zero-order chi connectivity index (χ0) is 23.4. The molecule has 1 N–H and O–H groups in total. The van der Waals surface area contributed by atoms with Crippen molar-refractivity contribution in [3.63, 3.8) is 0 Å². The van der Waals surface area contributed by atoms with E-state index in [1.165, 1.54) is 7.11 Å². The van der Waals surface area contributed by atoms with Gasteiger partial charge in [0.2, 0.25) is 0 Å². The summed E-state index contributed by atoms with van der Waals surface area (Å²) >= 11 is 5.13. The molecular formula is C24H28BrNO5S. The number of hydrogen-bond donors (Lipinski definition) is 1. The smallest absolute Gasteiger partial charge is 0.336 e. The molecule has 3 rings (SSSR count). The number of carbonyl (C=O) groups is 3. The standard InChI is InChI=1S/C24H28BrNO5S/c1-5-32-11-10-31-24(29)19-14(3)26-17-12-13(2)18(23(28)30-4)22(27)21(17)20(19)15-6-8-16(25)9-7-15/h6-9,13,18,20,26H,5,10-12H2,1-4H3/t13-,18-,20+/m1/s1. The number of dihydropyridines is 1. The topological polar surface area (TPSA) is 81.7 Å². The van der Waals surface area contributed by atoms with E-state index in [0.717, 1.165) is 21.5 Å². The zero-order valence-corrected chi connectivity index (χ0v) is 21.1. The van der Waals surface area contributed by atoms with Crippen molar-refractivity contribution >= 4 is 45.4 Å². The number of thioether (sulfide) groups is 1. The molecule has 3 atom stereocenters. The van der Waals surface area contributed by atoms with E-state index in [1.807, 2.05) is 38.1 Å². The molecular weight excluding hydrogens is 494 g/mol. The van der Waals surface area contributed by atoms with Gasteiger partial charge in [-0.05, 0) is 42.7 Å². The summed E-state index contributed by atoms with van der Waals surface area (Å²) in [5, 5.41) is 3.27. The fraction of sp³-hybridized carbons (Fsp3) is 0.458. The summed E-state index contributed by atoms with van der Waals surface area (Å²) in [6.07, 6.45) is 0.515. The first kappa shape index (κ1) is 24.6. The van der Waals surface area contributed by atoms with E-state index in [0.29, 0.717) is 35.6 Å². The first-order valence-corrected chi connectivity index (χ1v) is 12.6. The van der Waals surface area contributed by atoms with E-state index in [1.54, 1.807) is 11.8 Å². The highest BCUT2D eigenvalue weighted by molar-refractivity contribution is 9.10. The van der Waals surface area contributed by atoms with Crippen molar-refractivity contribution in [2.45, 2.75) is 33.1 Å². The second kappa shape index (κ2) is 10.7. The van der Waals surface area contributed by atoms with Crippen molar-refractivity contribution in [2.75, 3.05) is 25.2 Å². The minimum atomic E-state index is -0.893. The van der Waals surface area contributed by atoms with Gasteiger partial charge in [0.25, 0.3) is 0 Å². The number of ether oxygens (including phenoxy) is 2. The lowest BCUT2D eigenvalue weighted by Gasteiger charge is -2.38. The molecule has 1 aromatic carbocycles. The molecule has 1 aliphatic heterocycles. The highest BCUT2D eigenvalue weighted by Gasteiger charge is 2.47. The predicted octanol–water partition coefficient (Wildman–Crippen LogP) is 4.36. The van der Waals surface area contributed by atoms with Crippen LogP contribution in [0.15, 0.2) is 51.3 Å². The van der Waals surface area contributed by atoms with Gasteiger partial charge in [0, 0.05) is 33.1 Å². The minimum Gasteiger partial charge on any atom is -0.468 e. The molecule has 1 heterocycles. The van der Waals surface area contributed by atoms with Gasteiger partial charge in [-0.15, -0.1) is 0 Å². The Balaban J connectivity index is 2.06. The van der Waals surface area contributed by atoms with Crippen molar-refractivity contribution in [3.05, 3.63) is 56.8 Å². The van der Waals surface area contributed by atoms with Gasteiger partial charge in [0.05, 0.1) is 12.7 Å². The number of nitrogens with one attached hydrogen (secondary N) is 1. The van der Waals surface area contributed by atoms with Gasteiger partial charge in [-0.1, -0.05) is 41.9 Å². The number of allylic oxidation sites excluding steroid dienone is 3. The first-order chi connectivity index (χ1) is 15.3. The molecule has 8 heteroatoms. The van der Waals surface area contributed by atoms with E-state index in [-0.39, 0.29) is 11.7 Å². The molecule has 6 nitrogen and oxygen atoms in total. The van der Waals surface area contributed by atoms with Crippen LogP contribution in [0.5, 0.6) is 0 Å². The van der Waals surface area contributed by atoms with E-state index < -0.39 is 23.8 Å². The van der Waals surface area contributed by atoms with Crippen LogP contribution in [-0.2, 0) is 23.9 Å². The molecule has 0 unspecified atom stereocenters. The van der Waals surface area contributed by atoms with Gasteiger partial charge < -0.3 is 14.8 Å². The number of ketones is 1. The Hall–Kier alpha value is -2.06. The van der Waals surface area contributed by atoms with Crippen molar-refractivity contribution in [1.82, 2.24) is 5.32 Å². The maximum absolute atomic E-state index is 13.6. The normalized spacial score (nSPS) is 22.9. The predicted molar refractivity (Wildman–Crippen MR) is 128 cm³/mol. The van der Waals surface area contributed by atoms with Crippen LogP contribution in [0.2, 0.25) is 0 Å². The zero-order valence-electron chi connectivity index (χ0n) is 18.7. The summed E-state index contributed by atoms with van der Waals surface area (Å²) in [5.41, 5.74) is 3.07. The Labute approximate surface area is 201 Å². The fourth-order valence-corrected chi connectivity index (χ4v) is 5.11. The van der Waals surface area contributed by atoms with Crippen molar-refractivity contribution in [1.29, 1.82) is 0 Å². The monoisotopic (exact) mass is 521 g/mol. The number of benzene rings is 1. The van der Waals surface area contributed by atoms with Gasteiger partial charge >= 0.3 is 11.9 Å². The van der Waals surface area contributed by atoms with Gasteiger partial charge in [0.1, 0.15) is 12.5 Å². The van der Waals surface area contributed by atoms with Crippen LogP contribution in [0.4, 0.5) is 0 Å². The lowest BCUT2D eigenvalue weighted by Crippen LogP contribution is -2.43. The van der Waals surface area contributed by atoms with Crippen molar-refractivity contribution in [2.24, 2.45) is 11.8 Å². The lowest BCUT2D eigenvalue weighted by molar-refractivity contribution is -0.151. The van der Waals surface area contributed by atoms with Gasteiger partial charge in [-0.3, -0.25) is 9.59 Å². The molecule has 0 amide bonds. The van der Waals surface area contributed by atoms with Crippen LogP contribution >= 0.6 is 27.7 Å². The van der Waals surface area contributed by atoms with E-state index in [4.69, 9.17) is 9.47 Å². The average Bonchev–Trinajstić information content (AvgIpc) is 2.76. The molecule has 0 fully saturated rings. The molecule has 0 spiro atoms. The average molecular weight is 522 g/mol. The number of rotatable bonds is 7. The van der Waals surface area contributed by atoms with E-state index in [9.17, 15) is 14.4 Å². The first-order valence-electron chi connectivity index (χ1n) is 10.6. The van der Waals surface area contributed by atoms with Gasteiger partial charge in [-0.2, -0.15) is 11.8 Å². The largest absolute Gasteiger partial charge is 0.468 e. The molecule has 1 aromatic rings. The Morgan fingerprint density at radius 3 is 2.56 bits per heavy atom. The second-order valence-corrected chi connectivity index (χ2v) is 10.2. The van der Waals surface area contributed by atoms with Gasteiger partial charge in [0.15, 0.2) is 5.78 Å². The fourth-order valence-electron chi connectivity index (χ4n) is 4.36. The number of hydrogen-bond acceptors (Lipinski definition) is 7. The molecule has 0 aromatic heterocycles. The number of Topliss-reactive ketones (excluding diaryl/α,β-unsaturated/α-hetero) is 1. The third-order valence-corrected chi connectivity index (χ3v) is 7.22. The molecule has 2 aliphatic rings. The highest BCUT2D eigenvalue weighted by Crippen LogP contribution is 2.45. The van der Waals surface area contributed by atoms with Crippen molar-refractivity contribution < 1.29 is 23.9 Å². The summed E-state index contributed by atoms with van der Waals surface area (Å²) < 4.78 is 11.4. The van der Waals surface area contributed by atoms with Crippen LogP contribution in [0.3, 0.4) is 0 Å². The molecule has 0 saturated carbocycles. The van der Waals surface area contributed by atoms with Crippen LogP contribution < -0.4 is 5.32 Å². The highest BCUT2D eigenvalue weighted by atomic mass is 79.9. The summed E-state index contributed by atoms with van der Waals surface area (Å²) in [4.78, 5) is 39.2. The maximum atomic E-state index is 13.6.